The van der Waals surface area contributed by atoms with Crippen molar-refractivity contribution >= 4 is 12.0 Å². The number of benzene rings is 1. The minimum absolute atomic E-state index is 0.958. The van der Waals surface area contributed by atoms with Crippen LogP contribution in [0.3, 0.4) is 0 Å². The zero-order valence-corrected chi connectivity index (χ0v) is 6.72. The molecule has 0 unspecified atom stereocenters. The Labute approximate surface area is 66.4 Å². The van der Waals surface area contributed by atoms with Crippen LogP contribution in [0.2, 0.25) is 0 Å². The molecule has 0 atom stereocenters. The van der Waals surface area contributed by atoms with Crippen molar-refractivity contribution in [2.75, 3.05) is 0 Å². The maximum atomic E-state index is 10.1. The van der Waals surface area contributed by atoms with E-state index in [1.54, 1.807) is 5.94 Å². The molecule has 0 saturated carbocycles. The maximum absolute atomic E-state index is 10.1. The monoisotopic (exact) mass is 146 g/mol. The fraction of sp³-hybridized carbons (Fsp3) is 0.200. The summed E-state index contributed by atoms with van der Waals surface area (Å²) >= 11 is 0. The molecule has 0 aliphatic heterocycles. The molecular formula is C10H10O. The van der Waals surface area contributed by atoms with E-state index in [0.717, 1.165) is 16.7 Å². The van der Waals surface area contributed by atoms with Crippen LogP contribution in [0.1, 0.15) is 16.7 Å². The van der Waals surface area contributed by atoms with Gasteiger partial charge in [-0.2, -0.15) is 0 Å². The number of carbonyl (C=O) groups excluding carboxylic acids is 1. The van der Waals surface area contributed by atoms with Crippen LogP contribution < -0.4 is 0 Å². The van der Waals surface area contributed by atoms with Crippen LogP contribution in [-0.4, -0.2) is 5.94 Å². The highest BCUT2D eigenvalue weighted by Gasteiger charge is 1.93. The SMILES string of the molecule is Cc1ccc(C)c(C=C=O)c1. The van der Waals surface area contributed by atoms with Gasteiger partial charge in [-0.1, -0.05) is 23.8 Å². The molecule has 0 radical (unpaired) electrons. The first-order valence-corrected chi connectivity index (χ1v) is 3.52. The summed E-state index contributed by atoms with van der Waals surface area (Å²) in [7, 11) is 0. The Morgan fingerprint density at radius 2 is 2.09 bits per heavy atom. The van der Waals surface area contributed by atoms with Gasteiger partial charge in [-0.3, -0.25) is 0 Å². The van der Waals surface area contributed by atoms with Gasteiger partial charge in [0.2, 0.25) is 0 Å². The van der Waals surface area contributed by atoms with Gasteiger partial charge in [0.25, 0.3) is 0 Å². The molecule has 11 heavy (non-hydrogen) atoms. The lowest BCUT2D eigenvalue weighted by Crippen LogP contribution is -1.81. The molecule has 0 spiro atoms. The van der Waals surface area contributed by atoms with E-state index < -0.39 is 0 Å². The molecule has 0 amide bonds. The molecule has 0 aromatic heterocycles. The summed E-state index contributed by atoms with van der Waals surface area (Å²) in [5.74, 6) is 1.78. The standard InChI is InChI=1S/C10H10O/c1-8-3-4-9(2)10(7-8)5-6-11/h3-5,7H,1-2H3. The van der Waals surface area contributed by atoms with Crippen LogP contribution in [0.15, 0.2) is 18.2 Å². The fourth-order valence-corrected chi connectivity index (χ4v) is 0.979. The topological polar surface area (TPSA) is 17.1 Å². The second-order valence-electron chi connectivity index (χ2n) is 2.62. The fourth-order valence-electron chi connectivity index (χ4n) is 0.979. The molecule has 0 saturated heterocycles. The number of hydrogen-bond acceptors (Lipinski definition) is 1. The zero-order chi connectivity index (χ0) is 8.27. The van der Waals surface area contributed by atoms with Crippen LogP contribution in [-0.2, 0) is 4.79 Å². The molecular weight excluding hydrogens is 136 g/mol. The lowest BCUT2D eigenvalue weighted by atomic mass is 10.1. The largest absolute Gasteiger partial charge is 0.233 e. The first-order valence-electron chi connectivity index (χ1n) is 3.52. The van der Waals surface area contributed by atoms with Crippen LogP contribution in [0.25, 0.3) is 6.08 Å². The van der Waals surface area contributed by atoms with Crippen LogP contribution in [0, 0.1) is 13.8 Å². The van der Waals surface area contributed by atoms with Crippen molar-refractivity contribution in [1.82, 2.24) is 0 Å². The highest BCUT2D eigenvalue weighted by molar-refractivity contribution is 5.76. The van der Waals surface area contributed by atoms with E-state index in [0.29, 0.717) is 0 Å². The minimum atomic E-state index is 0.958. The maximum Gasteiger partial charge on any atom is 0.125 e. The van der Waals surface area contributed by atoms with Crippen molar-refractivity contribution in [3.63, 3.8) is 0 Å². The summed E-state index contributed by atoms with van der Waals surface area (Å²) in [6.07, 6.45) is 1.46. The first-order chi connectivity index (χ1) is 5.24. The van der Waals surface area contributed by atoms with E-state index in [1.807, 2.05) is 32.0 Å². The Morgan fingerprint density at radius 3 is 2.73 bits per heavy atom. The van der Waals surface area contributed by atoms with E-state index in [2.05, 4.69) is 0 Å². The molecule has 0 aliphatic rings. The van der Waals surface area contributed by atoms with E-state index in [9.17, 15) is 4.79 Å². The molecule has 56 valence electrons. The molecule has 0 bridgehead atoms. The summed E-state index contributed by atoms with van der Waals surface area (Å²) in [6.45, 7) is 3.98. The Bertz CT molecular complexity index is 307. The minimum Gasteiger partial charge on any atom is -0.233 e. The van der Waals surface area contributed by atoms with Gasteiger partial charge in [0.05, 0.1) is 0 Å². The summed E-state index contributed by atoms with van der Waals surface area (Å²) in [6, 6.07) is 6.00. The lowest BCUT2D eigenvalue weighted by Gasteiger charge is -1.98. The smallest absolute Gasteiger partial charge is 0.125 e. The Balaban J connectivity index is 3.22. The predicted molar refractivity (Wildman–Crippen MR) is 46.1 cm³/mol. The normalized spacial score (nSPS) is 8.91. The van der Waals surface area contributed by atoms with Gasteiger partial charge < -0.3 is 0 Å². The van der Waals surface area contributed by atoms with Gasteiger partial charge in [-0.05, 0) is 25.0 Å². The predicted octanol–water partition coefficient (Wildman–Crippen LogP) is 2.15. The van der Waals surface area contributed by atoms with Gasteiger partial charge >= 0.3 is 0 Å². The highest BCUT2D eigenvalue weighted by atomic mass is 16.1. The van der Waals surface area contributed by atoms with E-state index in [4.69, 9.17) is 0 Å². The molecule has 0 fully saturated rings. The van der Waals surface area contributed by atoms with Crippen molar-refractivity contribution in [3.8, 4) is 0 Å². The van der Waals surface area contributed by atoms with Gasteiger partial charge in [0.1, 0.15) is 5.94 Å². The number of rotatable bonds is 1. The summed E-state index contributed by atoms with van der Waals surface area (Å²) < 4.78 is 0. The Morgan fingerprint density at radius 1 is 1.36 bits per heavy atom. The van der Waals surface area contributed by atoms with Crippen LogP contribution in [0.4, 0.5) is 0 Å². The van der Waals surface area contributed by atoms with Gasteiger partial charge in [-0.25, -0.2) is 4.79 Å². The Kier molecular flexibility index (Phi) is 2.25. The third-order valence-corrected chi connectivity index (χ3v) is 1.65. The quantitative estimate of drug-likeness (QED) is 0.555. The summed E-state index contributed by atoms with van der Waals surface area (Å²) in [5, 5.41) is 0. The molecule has 1 aromatic rings. The average Bonchev–Trinajstić information content (AvgIpc) is 1.98. The second kappa shape index (κ2) is 3.18. The highest BCUT2D eigenvalue weighted by Crippen LogP contribution is 2.10. The molecule has 1 rings (SSSR count). The first kappa shape index (κ1) is 7.77. The number of aryl methyl sites for hydroxylation is 2. The molecule has 0 N–H and O–H groups in total. The second-order valence-corrected chi connectivity index (χ2v) is 2.62. The average molecular weight is 146 g/mol. The molecule has 1 aromatic carbocycles. The van der Waals surface area contributed by atoms with Crippen molar-refractivity contribution in [2.24, 2.45) is 0 Å². The van der Waals surface area contributed by atoms with Gasteiger partial charge in [0, 0.05) is 6.08 Å². The molecule has 1 nitrogen and oxygen atoms in total. The van der Waals surface area contributed by atoms with Crippen molar-refractivity contribution in [3.05, 3.63) is 34.9 Å². The van der Waals surface area contributed by atoms with Crippen molar-refractivity contribution in [2.45, 2.75) is 13.8 Å². The molecule has 0 aliphatic carbocycles. The van der Waals surface area contributed by atoms with Crippen molar-refractivity contribution < 1.29 is 4.79 Å². The molecule has 1 heteroatoms. The summed E-state index contributed by atoms with van der Waals surface area (Å²) in [4.78, 5) is 10.1. The van der Waals surface area contributed by atoms with E-state index in [1.165, 1.54) is 6.08 Å². The Hall–Kier alpha value is -1.33. The van der Waals surface area contributed by atoms with Crippen LogP contribution in [0.5, 0.6) is 0 Å². The van der Waals surface area contributed by atoms with Crippen LogP contribution >= 0.6 is 0 Å². The van der Waals surface area contributed by atoms with Crippen molar-refractivity contribution in [1.29, 1.82) is 0 Å². The number of hydrogen-bond donors (Lipinski definition) is 0. The van der Waals surface area contributed by atoms with E-state index >= 15 is 0 Å². The zero-order valence-electron chi connectivity index (χ0n) is 6.72. The third kappa shape index (κ3) is 1.79. The van der Waals surface area contributed by atoms with E-state index in [-0.39, 0.29) is 0 Å². The van der Waals surface area contributed by atoms with Gasteiger partial charge in [-0.15, -0.1) is 0 Å². The third-order valence-electron chi connectivity index (χ3n) is 1.65. The van der Waals surface area contributed by atoms with Gasteiger partial charge in [0.15, 0.2) is 0 Å². The molecule has 0 heterocycles. The lowest BCUT2D eigenvalue weighted by molar-refractivity contribution is 0.570. The summed E-state index contributed by atoms with van der Waals surface area (Å²) in [5.41, 5.74) is 3.23.